The Morgan fingerprint density at radius 3 is 2.30 bits per heavy atom. The van der Waals surface area contributed by atoms with Crippen molar-refractivity contribution in [3.63, 3.8) is 0 Å². The van der Waals surface area contributed by atoms with E-state index in [1.165, 1.54) is 5.56 Å². The Balaban J connectivity index is 2.03. The van der Waals surface area contributed by atoms with Gasteiger partial charge >= 0.3 is 0 Å². The summed E-state index contributed by atoms with van der Waals surface area (Å²) in [6.07, 6.45) is 5.55. The normalized spacial score (nSPS) is 21.6. The van der Waals surface area contributed by atoms with Crippen LogP contribution in [0.1, 0.15) is 38.7 Å². The van der Waals surface area contributed by atoms with E-state index in [1.54, 1.807) is 0 Å². The van der Waals surface area contributed by atoms with Gasteiger partial charge in [-0.3, -0.25) is 4.90 Å². The number of hydrogen-bond acceptors (Lipinski definition) is 2. The molecule has 2 aromatic carbocycles. The molecule has 2 aromatic rings. The Kier molecular flexibility index (Phi) is 5.02. The highest BCUT2D eigenvalue weighted by Crippen LogP contribution is 2.38. The third-order valence-electron chi connectivity index (χ3n) is 4.81. The van der Waals surface area contributed by atoms with Crippen LogP contribution in [0.3, 0.4) is 0 Å². The summed E-state index contributed by atoms with van der Waals surface area (Å²) in [6, 6.07) is 21.3. The van der Waals surface area contributed by atoms with Crippen molar-refractivity contribution in [2.75, 3.05) is 6.54 Å². The molecule has 1 saturated heterocycles. The second-order valence-electron chi connectivity index (χ2n) is 6.27. The molecular formula is C21H26NO. The summed E-state index contributed by atoms with van der Waals surface area (Å²) in [5.74, 6) is 0.931. The lowest BCUT2D eigenvalue weighted by atomic mass is 9.92. The van der Waals surface area contributed by atoms with E-state index in [9.17, 15) is 0 Å². The van der Waals surface area contributed by atoms with E-state index in [-0.39, 0.29) is 0 Å². The highest BCUT2D eigenvalue weighted by Gasteiger charge is 2.42. The van der Waals surface area contributed by atoms with E-state index in [4.69, 9.17) is 4.74 Å². The molecule has 1 unspecified atom stereocenters. The SMILES string of the molecule is CC[C@@](Oc1ccccc1)(c1ccccc1)N1CC[CH]CC1C. The second kappa shape index (κ2) is 7.18. The molecule has 2 heteroatoms. The maximum absolute atomic E-state index is 6.66. The molecule has 0 N–H and O–H groups in total. The Labute approximate surface area is 140 Å². The Hall–Kier alpha value is -1.80. The van der Waals surface area contributed by atoms with Gasteiger partial charge in [0.15, 0.2) is 5.72 Å². The van der Waals surface area contributed by atoms with Crippen molar-refractivity contribution >= 4 is 0 Å². The quantitative estimate of drug-likeness (QED) is 0.769. The first kappa shape index (κ1) is 16.1. The fourth-order valence-electron chi connectivity index (χ4n) is 3.62. The summed E-state index contributed by atoms with van der Waals surface area (Å²) >= 11 is 0. The lowest BCUT2D eigenvalue weighted by molar-refractivity contribution is -0.121. The van der Waals surface area contributed by atoms with E-state index in [2.05, 4.69) is 55.5 Å². The van der Waals surface area contributed by atoms with E-state index >= 15 is 0 Å². The van der Waals surface area contributed by atoms with E-state index in [0.29, 0.717) is 6.04 Å². The molecule has 1 aliphatic heterocycles. The number of hydrogen-bond donors (Lipinski definition) is 0. The third kappa shape index (κ3) is 3.28. The van der Waals surface area contributed by atoms with E-state index in [0.717, 1.165) is 31.6 Å². The summed E-state index contributed by atoms with van der Waals surface area (Å²) in [4.78, 5) is 2.54. The molecule has 0 bridgehead atoms. The van der Waals surface area contributed by atoms with Crippen LogP contribution >= 0.6 is 0 Å². The highest BCUT2D eigenvalue weighted by molar-refractivity contribution is 5.28. The molecule has 1 aliphatic rings. The predicted molar refractivity (Wildman–Crippen MR) is 95.2 cm³/mol. The van der Waals surface area contributed by atoms with Gasteiger partial charge in [-0.1, -0.05) is 55.5 Å². The van der Waals surface area contributed by atoms with Gasteiger partial charge in [-0.15, -0.1) is 0 Å². The smallest absolute Gasteiger partial charge is 0.189 e. The molecule has 0 amide bonds. The number of nitrogens with zero attached hydrogens (tertiary/aromatic N) is 1. The summed E-state index contributed by atoms with van der Waals surface area (Å²) in [7, 11) is 0. The van der Waals surface area contributed by atoms with Crippen molar-refractivity contribution in [2.24, 2.45) is 0 Å². The molecule has 121 valence electrons. The minimum absolute atomic E-state index is 0.406. The van der Waals surface area contributed by atoms with Crippen LogP contribution in [0.25, 0.3) is 0 Å². The number of likely N-dealkylation sites (tertiary alicyclic amines) is 1. The van der Waals surface area contributed by atoms with Crippen LogP contribution in [0.2, 0.25) is 0 Å². The third-order valence-corrected chi connectivity index (χ3v) is 4.81. The number of para-hydroxylation sites is 1. The Bertz CT molecular complexity index is 598. The van der Waals surface area contributed by atoms with Crippen molar-refractivity contribution < 1.29 is 4.74 Å². The molecular weight excluding hydrogens is 282 g/mol. The van der Waals surface area contributed by atoms with Crippen LogP contribution in [0.4, 0.5) is 0 Å². The van der Waals surface area contributed by atoms with Crippen molar-refractivity contribution in [2.45, 2.75) is 44.9 Å². The van der Waals surface area contributed by atoms with Gasteiger partial charge < -0.3 is 4.74 Å². The first-order valence-electron chi connectivity index (χ1n) is 8.64. The number of piperidine rings is 1. The summed E-state index contributed by atoms with van der Waals surface area (Å²) in [5, 5.41) is 0. The first-order chi connectivity index (χ1) is 11.3. The van der Waals surface area contributed by atoms with Crippen LogP contribution in [0.15, 0.2) is 60.7 Å². The largest absolute Gasteiger partial charge is 0.468 e. The summed E-state index contributed by atoms with van der Waals surface area (Å²) in [5.41, 5.74) is 0.830. The lowest BCUT2D eigenvalue weighted by Gasteiger charge is -2.48. The molecule has 0 saturated carbocycles. The Morgan fingerprint density at radius 2 is 1.70 bits per heavy atom. The zero-order valence-electron chi connectivity index (χ0n) is 14.1. The van der Waals surface area contributed by atoms with E-state index in [1.807, 2.05) is 30.3 Å². The topological polar surface area (TPSA) is 12.5 Å². The molecule has 23 heavy (non-hydrogen) atoms. The van der Waals surface area contributed by atoms with Gasteiger partial charge in [0.25, 0.3) is 0 Å². The van der Waals surface area contributed by atoms with Crippen molar-refractivity contribution in [1.82, 2.24) is 4.90 Å². The Morgan fingerprint density at radius 1 is 1.04 bits per heavy atom. The fraction of sp³-hybridized carbons (Fsp3) is 0.381. The predicted octanol–water partition coefficient (Wildman–Crippen LogP) is 5.02. The zero-order chi connectivity index (χ0) is 16.1. The number of ether oxygens (including phenoxy) is 1. The number of rotatable bonds is 5. The molecule has 2 nitrogen and oxygen atoms in total. The molecule has 3 rings (SSSR count). The first-order valence-corrected chi connectivity index (χ1v) is 8.64. The average molecular weight is 308 g/mol. The minimum Gasteiger partial charge on any atom is -0.468 e. The van der Waals surface area contributed by atoms with Gasteiger partial charge in [0.1, 0.15) is 5.75 Å². The summed E-state index contributed by atoms with van der Waals surface area (Å²) in [6.45, 7) is 5.56. The summed E-state index contributed by atoms with van der Waals surface area (Å²) < 4.78 is 6.66. The fourth-order valence-corrected chi connectivity index (χ4v) is 3.62. The van der Waals surface area contributed by atoms with Crippen LogP contribution in [-0.4, -0.2) is 17.5 Å². The van der Waals surface area contributed by atoms with Crippen LogP contribution in [-0.2, 0) is 5.72 Å². The van der Waals surface area contributed by atoms with Crippen LogP contribution in [0.5, 0.6) is 5.75 Å². The van der Waals surface area contributed by atoms with Gasteiger partial charge in [-0.2, -0.15) is 0 Å². The van der Waals surface area contributed by atoms with Gasteiger partial charge in [-0.05, 0) is 38.3 Å². The van der Waals surface area contributed by atoms with Crippen LogP contribution in [0, 0.1) is 6.42 Å². The molecule has 0 aromatic heterocycles. The zero-order valence-corrected chi connectivity index (χ0v) is 14.1. The van der Waals surface area contributed by atoms with Gasteiger partial charge in [0.2, 0.25) is 0 Å². The lowest BCUT2D eigenvalue weighted by Crippen LogP contribution is -2.55. The maximum atomic E-state index is 6.66. The monoisotopic (exact) mass is 308 g/mol. The molecule has 1 radical (unpaired) electrons. The molecule has 0 aliphatic carbocycles. The second-order valence-corrected chi connectivity index (χ2v) is 6.27. The van der Waals surface area contributed by atoms with Crippen molar-refractivity contribution in [3.8, 4) is 5.75 Å². The molecule has 1 heterocycles. The van der Waals surface area contributed by atoms with Gasteiger partial charge in [-0.25, -0.2) is 0 Å². The van der Waals surface area contributed by atoms with Crippen molar-refractivity contribution in [3.05, 3.63) is 72.6 Å². The molecule has 2 atom stereocenters. The van der Waals surface area contributed by atoms with E-state index < -0.39 is 5.72 Å². The maximum Gasteiger partial charge on any atom is 0.189 e. The van der Waals surface area contributed by atoms with Crippen molar-refractivity contribution in [1.29, 1.82) is 0 Å². The minimum atomic E-state index is -0.406. The number of benzene rings is 2. The highest BCUT2D eigenvalue weighted by atomic mass is 16.5. The average Bonchev–Trinajstić information content (AvgIpc) is 2.62. The molecule has 1 fully saturated rings. The standard InChI is InChI=1S/C21H26NO/c1-3-21(19-13-6-4-7-14-19,22-17-11-10-12-18(22)2)23-20-15-8-5-9-16-20/h4-10,13-16,18H,3,11-12,17H2,1-2H3/t18?,21-/m1/s1. The van der Waals surface area contributed by atoms with Crippen LogP contribution < -0.4 is 4.74 Å². The van der Waals surface area contributed by atoms with Gasteiger partial charge in [0, 0.05) is 24.6 Å². The molecule has 0 spiro atoms. The van der Waals surface area contributed by atoms with Gasteiger partial charge in [0.05, 0.1) is 0 Å².